The van der Waals surface area contributed by atoms with Crippen LogP contribution in [0.2, 0.25) is 0 Å². The zero-order valence-electron chi connectivity index (χ0n) is 18.9. The van der Waals surface area contributed by atoms with Gasteiger partial charge in [-0.1, -0.05) is 25.0 Å². The van der Waals surface area contributed by atoms with Crippen LogP contribution >= 0.6 is 0 Å². The molecule has 0 unspecified atom stereocenters. The molecule has 2 N–H and O–H groups in total. The highest BCUT2D eigenvalue weighted by Gasteiger charge is 2.34. The number of nitrogens with zero attached hydrogens (tertiary/aromatic N) is 1. The molecule has 1 saturated carbocycles. The molecule has 0 radical (unpaired) electrons. The Morgan fingerprint density at radius 2 is 1.94 bits per heavy atom. The molecule has 2 fully saturated rings. The van der Waals surface area contributed by atoms with E-state index in [4.69, 9.17) is 4.74 Å². The van der Waals surface area contributed by atoms with Gasteiger partial charge in [-0.3, -0.25) is 4.90 Å². The van der Waals surface area contributed by atoms with Crippen LogP contribution in [0.1, 0.15) is 65.2 Å². The Morgan fingerprint density at radius 3 is 2.62 bits per heavy atom. The Hall–Kier alpha value is -2.79. The minimum atomic E-state index is -0.872. The van der Waals surface area contributed by atoms with Crippen molar-refractivity contribution in [3.8, 4) is 5.75 Å². The number of carboxylic acid groups (broad SMARTS) is 1. The van der Waals surface area contributed by atoms with Crippen molar-refractivity contribution in [2.45, 2.75) is 51.6 Å². The maximum absolute atomic E-state index is 11.3. The van der Waals surface area contributed by atoms with Crippen LogP contribution < -0.4 is 4.74 Å². The number of H-pyrrole nitrogens is 1. The molecule has 2 aliphatic rings. The SMILES string of the molecule is COc1cc(C)c2[nH]ccc2c1CN1CC[C@H](CC2CC2)C[C@H]1c1ccc(C(=O)O)cc1. The zero-order valence-corrected chi connectivity index (χ0v) is 18.9. The summed E-state index contributed by atoms with van der Waals surface area (Å²) < 4.78 is 5.80. The maximum Gasteiger partial charge on any atom is 0.335 e. The molecule has 5 rings (SSSR count). The third kappa shape index (κ3) is 4.14. The van der Waals surface area contributed by atoms with E-state index in [-0.39, 0.29) is 6.04 Å². The molecular weight excluding hydrogens is 400 g/mol. The van der Waals surface area contributed by atoms with Crippen molar-refractivity contribution < 1.29 is 14.6 Å². The van der Waals surface area contributed by atoms with Crippen LogP contribution in [0.3, 0.4) is 0 Å². The lowest BCUT2D eigenvalue weighted by molar-refractivity contribution is 0.0696. The van der Waals surface area contributed by atoms with Crippen LogP contribution in [0.5, 0.6) is 5.75 Å². The minimum Gasteiger partial charge on any atom is -0.496 e. The first-order valence-electron chi connectivity index (χ1n) is 11.7. The van der Waals surface area contributed by atoms with E-state index in [1.54, 1.807) is 19.2 Å². The Balaban J connectivity index is 1.47. The van der Waals surface area contributed by atoms with Gasteiger partial charge in [-0.2, -0.15) is 0 Å². The first-order chi connectivity index (χ1) is 15.5. The monoisotopic (exact) mass is 432 g/mol. The predicted octanol–water partition coefficient (Wildman–Crippen LogP) is 5.94. The lowest BCUT2D eigenvalue weighted by atomic mass is 9.83. The van der Waals surface area contributed by atoms with E-state index in [1.165, 1.54) is 53.3 Å². The molecule has 0 amide bonds. The number of hydrogen-bond acceptors (Lipinski definition) is 3. The number of nitrogens with one attached hydrogen (secondary N) is 1. The summed E-state index contributed by atoms with van der Waals surface area (Å²) in [6.45, 7) is 3.98. The Kier molecular flexibility index (Phi) is 5.68. The summed E-state index contributed by atoms with van der Waals surface area (Å²) in [7, 11) is 1.75. The first kappa shape index (κ1) is 21.1. The number of carbonyl (C=O) groups is 1. The molecule has 1 saturated heterocycles. The van der Waals surface area contributed by atoms with Gasteiger partial charge in [0.2, 0.25) is 0 Å². The van der Waals surface area contributed by atoms with Gasteiger partial charge in [0.25, 0.3) is 0 Å². The van der Waals surface area contributed by atoms with Gasteiger partial charge in [0, 0.05) is 35.2 Å². The number of fused-ring (bicyclic) bond motifs is 1. The number of likely N-dealkylation sites (tertiary alicyclic amines) is 1. The molecular formula is C27H32N2O3. The van der Waals surface area contributed by atoms with Gasteiger partial charge < -0.3 is 14.8 Å². The smallest absolute Gasteiger partial charge is 0.335 e. The highest BCUT2D eigenvalue weighted by molar-refractivity contribution is 5.88. The fraction of sp³-hybridized carbons (Fsp3) is 0.444. The van der Waals surface area contributed by atoms with Gasteiger partial charge in [-0.05, 0) is 80.0 Å². The zero-order chi connectivity index (χ0) is 22.2. The number of methoxy groups -OCH3 is 1. The van der Waals surface area contributed by atoms with Crippen LogP contribution in [0.4, 0.5) is 0 Å². The minimum absolute atomic E-state index is 0.287. The quantitative estimate of drug-likeness (QED) is 0.485. The highest BCUT2D eigenvalue weighted by atomic mass is 16.5. The number of hydrogen-bond donors (Lipinski definition) is 2. The number of piperidine rings is 1. The molecule has 0 bridgehead atoms. The summed E-state index contributed by atoms with van der Waals surface area (Å²) in [5, 5.41) is 10.5. The van der Waals surface area contributed by atoms with Crippen molar-refractivity contribution in [1.29, 1.82) is 0 Å². The van der Waals surface area contributed by atoms with E-state index in [1.807, 2.05) is 18.3 Å². The van der Waals surface area contributed by atoms with Gasteiger partial charge in [-0.15, -0.1) is 0 Å². The standard InChI is InChI=1S/C27H32N2O3/c1-17-13-25(32-2)23(22-9-11-28-26(17)22)16-29-12-10-19(14-18-3-4-18)15-24(29)20-5-7-21(8-6-20)27(30)31/h5-9,11,13,18-19,24,28H,3-4,10,12,14-16H2,1-2H3,(H,30,31)/t19-,24+/m1/s1. The number of benzene rings is 2. The normalized spacial score (nSPS) is 21.7. The van der Waals surface area contributed by atoms with E-state index in [9.17, 15) is 9.90 Å². The van der Waals surface area contributed by atoms with Crippen LogP contribution in [-0.4, -0.2) is 34.6 Å². The second kappa shape index (κ2) is 8.62. The predicted molar refractivity (Wildman–Crippen MR) is 126 cm³/mol. The molecule has 5 heteroatoms. The third-order valence-corrected chi connectivity index (χ3v) is 7.42. The third-order valence-electron chi connectivity index (χ3n) is 7.42. The molecule has 32 heavy (non-hydrogen) atoms. The number of ether oxygens (including phenoxy) is 1. The summed E-state index contributed by atoms with van der Waals surface area (Å²) in [5.41, 5.74) is 5.15. The van der Waals surface area contributed by atoms with Crippen LogP contribution in [-0.2, 0) is 6.54 Å². The molecule has 168 valence electrons. The topological polar surface area (TPSA) is 65.6 Å². The number of aromatic carboxylic acids is 1. The van der Waals surface area contributed by atoms with Gasteiger partial charge in [-0.25, -0.2) is 4.79 Å². The first-order valence-corrected chi connectivity index (χ1v) is 11.7. The molecule has 0 spiro atoms. The number of carboxylic acids is 1. The molecule has 3 aromatic rings. The number of aromatic amines is 1. The van der Waals surface area contributed by atoms with Gasteiger partial charge in [0.1, 0.15) is 5.75 Å². The molecule has 2 atom stereocenters. The summed E-state index contributed by atoms with van der Waals surface area (Å²) in [6.07, 6.45) is 8.49. The second-order valence-corrected chi connectivity index (χ2v) is 9.62. The van der Waals surface area contributed by atoms with Crippen molar-refractivity contribution in [2.24, 2.45) is 11.8 Å². The fourth-order valence-electron chi connectivity index (χ4n) is 5.49. The average molecular weight is 433 g/mol. The van der Waals surface area contributed by atoms with E-state index < -0.39 is 5.97 Å². The van der Waals surface area contributed by atoms with E-state index in [2.05, 4.69) is 28.9 Å². The summed E-state index contributed by atoms with van der Waals surface area (Å²) in [5.74, 6) is 1.74. The summed E-state index contributed by atoms with van der Waals surface area (Å²) in [4.78, 5) is 17.3. The molecule has 1 aliphatic carbocycles. The largest absolute Gasteiger partial charge is 0.496 e. The van der Waals surface area contributed by atoms with Crippen molar-refractivity contribution in [1.82, 2.24) is 9.88 Å². The van der Waals surface area contributed by atoms with Gasteiger partial charge >= 0.3 is 5.97 Å². The Bertz CT molecular complexity index is 1110. The lowest BCUT2D eigenvalue weighted by Crippen LogP contribution is -2.36. The van der Waals surface area contributed by atoms with Gasteiger partial charge in [0.05, 0.1) is 12.7 Å². The second-order valence-electron chi connectivity index (χ2n) is 9.62. The fourth-order valence-corrected chi connectivity index (χ4v) is 5.49. The summed E-state index contributed by atoms with van der Waals surface area (Å²) >= 11 is 0. The average Bonchev–Trinajstić information content (AvgIpc) is 3.47. The molecule has 1 aromatic heterocycles. The number of aromatic nitrogens is 1. The molecule has 1 aliphatic heterocycles. The number of aryl methyl sites for hydroxylation is 1. The van der Waals surface area contributed by atoms with E-state index in [0.29, 0.717) is 5.56 Å². The molecule has 2 heterocycles. The van der Waals surface area contributed by atoms with Crippen LogP contribution in [0.25, 0.3) is 10.9 Å². The van der Waals surface area contributed by atoms with Crippen LogP contribution in [0, 0.1) is 18.8 Å². The van der Waals surface area contributed by atoms with Crippen molar-refractivity contribution in [3.63, 3.8) is 0 Å². The highest BCUT2D eigenvalue weighted by Crippen LogP contribution is 2.44. The Morgan fingerprint density at radius 1 is 1.16 bits per heavy atom. The maximum atomic E-state index is 11.3. The number of rotatable bonds is 7. The van der Waals surface area contributed by atoms with E-state index >= 15 is 0 Å². The lowest BCUT2D eigenvalue weighted by Gasteiger charge is -2.40. The van der Waals surface area contributed by atoms with Crippen molar-refractivity contribution in [3.05, 3.63) is 64.8 Å². The molecule has 2 aromatic carbocycles. The molecule has 5 nitrogen and oxygen atoms in total. The van der Waals surface area contributed by atoms with Crippen molar-refractivity contribution in [2.75, 3.05) is 13.7 Å². The van der Waals surface area contributed by atoms with E-state index in [0.717, 1.165) is 37.1 Å². The summed E-state index contributed by atoms with van der Waals surface area (Å²) in [6, 6.07) is 12.1. The Labute approximate surface area is 189 Å². The van der Waals surface area contributed by atoms with Gasteiger partial charge in [0.15, 0.2) is 0 Å². The van der Waals surface area contributed by atoms with Crippen molar-refractivity contribution >= 4 is 16.9 Å². The van der Waals surface area contributed by atoms with Crippen LogP contribution in [0.15, 0.2) is 42.6 Å².